The van der Waals surface area contributed by atoms with Gasteiger partial charge >= 0.3 is 0 Å². The molecule has 1 saturated heterocycles. The summed E-state index contributed by atoms with van der Waals surface area (Å²) in [6, 6.07) is 12.0. The SMILES string of the molecule is Cc1ccc(NC(=O)c2coc(CN3CCN(Cc4ccc5c(c4)OCCO5)CC3)n2)cc1C. The maximum atomic E-state index is 12.6. The molecule has 0 spiro atoms. The van der Waals surface area contributed by atoms with Gasteiger partial charge in [-0.05, 0) is 54.8 Å². The van der Waals surface area contributed by atoms with Crippen LogP contribution in [0.25, 0.3) is 0 Å². The number of aromatic nitrogens is 1. The fourth-order valence-corrected chi connectivity index (χ4v) is 4.24. The maximum Gasteiger partial charge on any atom is 0.277 e. The van der Waals surface area contributed by atoms with Crippen molar-refractivity contribution in [2.45, 2.75) is 26.9 Å². The Balaban J connectivity index is 1.11. The molecule has 8 nitrogen and oxygen atoms in total. The summed E-state index contributed by atoms with van der Waals surface area (Å²) in [5, 5.41) is 2.89. The number of rotatable bonds is 6. The van der Waals surface area contributed by atoms with Crippen LogP contribution >= 0.6 is 0 Å². The van der Waals surface area contributed by atoms with E-state index in [9.17, 15) is 4.79 Å². The highest BCUT2D eigenvalue weighted by Crippen LogP contribution is 2.31. The molecule has 1 amide bonds. The van der Waals surface area contributed by atoms with Gasteiger partial charge < -0.3 is 19.2 Å². The van der Waals surface area contributed by atoms with Gasteiger partial charge in [0.05, 0.1) is 6.54 Å². The number of hydrogen-bond donors (Lipinski definition) is 1. The van der Waals surface area contributed by atoms with Gasteiger partial charge in [-0.1, -0.05) is 12.1 Å². The molecule has 0 saturated carbocycles. The van der Waals surface area contributed by atoms with Crippen LogP contribution in [0.5, 0.6) is 11.5 Å². The van der Waals surface area contributed by atoms with Gasteiger partial charge in [-0.2, -0.15) is 0 Å². The van der Waals surface area contributed by atoms with Crippen LogP contribution in [0, 0.1) is 13.8 Å². The average molecular weight is 463 g/mol. The number of ether oxygens (including phenoxy) is 2. The van der Waals surface area contributed by atoms with Gasteiger partial charge in [-0.3, -0.25) is 14.6 Å². The van der Waals surface area contributed by atoms with Crippen molar-refractivity contribution in [2.24, 2.45) is 0 Å². The third-order valence-corrected chi connectivity index (χ3v) is 6.39. The Bertz CT molecular complexity index is 1170. The molecule has 0 aliphatic carbocycles. The van der Waals surface area contributed by atoms with Crippen LogP contribution in [-0.4, -0.2) is 60.1 Å². The van der Waals surface area contributed by atoms with Crippen LogP contribution in [0.1, 0.15) is 33.1 Å². The Kier molecular flexibility index (Phi) is 6.51. The molecular formula is C26H30N4O4. The number of carbonyl (C=O) groups is 1. The number of fused-ring (bicyclic) bond motifs is 1. The number of hydrogen-bond acceptors (Lipinski definition) is 7. The molecule has 178 valence electrons. The molecule has 1 fully saturated rings. The number of piperazine rings is 1. The summed E-state index contributed by atoms with van der Waals surface area (Å²) >= 11 is 0. The number of anilines is 1. The lowest BCUT2D eigenvalue weighted by Gasteiger charge is -2.34. The number of amides is 1. The van der Waals surface area contributed by atoms with Crippen molar-refractivity contribution >= 4 is 11.6 Å². The number of nitrogens with one attached hydrogen (secondary N) is 1. The lowest BCUT2D eigenvalue weighted by Crippen LogP contribution is -2.45. The lowest BCUT2D eigenvalue weighted by molar-refractivity contribution is 0.102. The normalized spacial score (nSPS) is 16.4. The van der Waals surface area contributed by atoms with Gasteiger partial charge in [-0.15, -0.1) is 0 Å². The summed E-state index contributed by atoms with van der Waals surface area (Å²) in [6.45, 7) is 10.5. The molecule has 0 unspecified atom stereocenters. The van der Waals surface area contributed by atoms with Gasteiger partial charge in [-0.25, -0.2) is 4.98 Å². The first-order chi connectivity index (χ1) is 16.5. The Morgan fingerprint density at radius 3 is 2.41 bits per heavy atom. The Labute approximate surface area is 199 Å². The summed E-state index contributed by atoms with van der Waals surface area (Å²) in [4.78, 5) is 21.7. The standard InChI is InChI=1S/C26H30N4O4/c1-18-3-5-21(13-19(18)2)27-26(31)22-17-34-25(28-22)16-30-9-7-29(8-10-30)15-20-4-6-23-24(14-20)33-12-11-32-23/h3-6,13-14,17H,7-12,15-16H2,1-2H3,(H,27,31). The van der Waals surface area contributed by atoms with E-state index in [0.717, 1.165) is 55.5 Å². The second kappa shape index (κ2) is 9.87. The zero-order valence-electron chi connectivity index (χ0n) is 19.7. The monoisotopic (exact) mass is 462 g/mol. The first-order valence-electron chi connectivity index (χ1n) is 11.7. The number of aryl methyl sites for hydroxylation is 2. The third kappa shape index (κ3) is 5.24. The van der Waals surface area contributed by atoms with E-state index < -0.39 is 0 Å². The van der Waals surface area contributed by atoms with Crippen LogP contribution in [0.4, 0.5) is 5.69 Å². The average Bonchev–Trinajstić information content (AvgIpc) is 3.31. The van der Waals surface area contributed by atoms with Crippen molar-refractivity contribution in [1.29, 1.82) is 0 Å². The Morgan fingerprint density at radius 2 is 1.65 bits per heavy atom. The van der Waals surface area contributed by atoms with E-state index in [1.165, 1.54) is 17.4 Å². The van der Waals surface area contributed by atoms with Gasteiger partial charge in [0.15, 0.2) is 17.2 Å². The lowest BCUT2D eigenvalue weighted by atomic mass is 10.1. The second-order valence-electron chi connectivity index (χ2n) is 8.91. The van der Waals surface area contributed by atoms with E-state index in [2.05, 4.69) is 32.2 Å². The molecule has 5 rings (SSSR count). The molecule has 0 bridgehead atoms. The minimum Gasteiger partial charge on any atom is -0.486 e. The summed E-state index contributed by atoms with van der Waals surface area (Å²) in [7, 11) is 0. The van der Waals surface area contributed by atoms with Crippen molar-refractivity contribution in [1.82, 2.24) is 14.8 Å². The summed E-state index contributed by atoms with van der Waals surface area (Å²) < 4.78 is 16.9. The van der Waals surface area contributed by atoms with Crippen LogP contribution < -0.4 is 14.8 Å². The smallest absolute Gasteiger partial charge is 0.277 e. The highest BCUT2D eigenvalue weighted by atomic mass is 16.6. The number of nitrogens with zero attached hydrogens (tertiary/aromatic N) is 3. The van der Waals surface area contributed by atoms with Crippen molar-refractivity contribution in [2.75, 3.05) is 44.7 Å². The van der Waals surface area contributed by atoms with Gasteiger partial charge in [0, 0.05) is 38.4 Å². The van der Waals surface area contributed by atoms with Crippen molar-refractivity contribution in [3.63, 3.8) is 0 Å². The molecule has 2 aliphatic heterocycles. The van der Waals surface area contributed by atoms with E-state index >= 15 is 0 Å². The first kappa shape index (κ1) is 22.4. The summed E-state index contributed by atoms with van der Waals surface area (Å²) in [5.74, 6) is 1.96. The predicted molar refractivity (Wildman–Crippen MR) is 128 cm³/mol. The van der Waals surface area contributed by atoms with Gasteiger partial charge in [0.1, 0.15) is 19.5 Å². The first-order valence-corrected chi connectivity index (χ1v) is 11.7. The molecule has 8 heteroatoms. The second-order valence-corrected chi connectivity index (χ2v) is 8.91. The molecule has 1 N–H and O–H groups in total. The van der Waals surface area contributed by atoms with E-state index in [0.29, 0.717) is 31.3 Å². The van der Waals surface area contributed by atoms with Gasteiger partial charge in [0.2, 0.25) is 5.89 Å². The minimum absolute atomic E-state index is 0.262. The number of carbonyl (C=O) groups excluding carboxylic acids is 1. The molecule has 3 aromatic rings. The molecular weight excluding hydrogens is 432 g/mol. The summed E-state index contributed by atoms with van der Waals surface area (Å²) in [6.07, 6.45) is 1.43. The molecule has 0 radical (unpaired) electrons. The molecule has 1 aromatic heterocycles. The fraction of sp³-hybridized carbons (Fsp3) is 0.385. The van der Waals surface area contributed by atoms with Crippen LogP contribution in [0.2, 0.25) is 0 Å². The molecule has 2 aliphatic rings. The largest absolute Gasteiger partial charge is 0.486 e. The summed E-state index contributed by atoms with van der Waals surface area (Å²) in [5.41, 5.74) is 4.60. The number of benzene rings is 2. The van der Waals surface area contributed by atoms with Crippen molar-refractivity contribution in [3.8, 4) is 11.5 Å². The Morgan fingerprint density at radius 1 is 0.912 bits per heavy atom. The fourth-order valence-electron chi connectivity index (χ4n) is 4.24. The molecule has 2 aromatic carbocycles. The Hall–Kier alpha value is -3.36. The van der Waals surface area contributed by atoms with E-state index in [1.807, 2.05) is 38.1 Å². The maximum absolute atomic E-state index is 12.6. The van der Waals surface area contributed by atoms with Gasteiger partial charge in [0.25, 0.3) is 5.91 Å². The topological polar surface area (TPSA) is 80.1 Å². The van der Waals surface area contributed by atoms with E-state index in [1.54, 1.807) is 0 Å². The molecule has 3 heterocycles. The minimum atomic E-state index is -0.262. The third-order valence-electron chi connectivity index (χ3n) is 6.39. The number of oxazole rings is 1. The highest BCUT2D eigenvalue weighted by Gasteiger charge is 2.21. The quantitative estimate of drug-likeness (QED) is 0.599. The van der Waals surface area contributed by atoms with Crippen LogP contribution in [0.15, 0.2) is 47.1 Å². The predicted octanol–water partition coefficient (Wildman–Crippen LogP) is 3.63. The molecule has 0 atom stereocenters. The van der Waals surface area contributed by atoms with E-state index in [-0.39, 0.29) is 5.91 Å². The van der Waals surface area contributed by atoms with Crippen molar-refractivity contribution < 1.29 is 18.7 Å². The highest BCUT2D eigenvalue weighted by molar-refractivity contribution is 6.02. The van der Waals surface area contributed by atoms with Crippen molar-refractivity contribution in [3.05, 3.63) is 70.9 Å². The molecule has 34 heavy (non-hydrogen) atoms. The van der Waals surface area contributed by atoms with Crippen LogP contribution in [0.3, 0.4) is 0 Å². The zero-order chi connectivity index (χ0) is 23.5. The van der Waals surface area contributed by atoms with Crippen LogP contribution in [-0.2, 0) is 13.1 Å². The zero-order valence-corrected chi connectivity index (χ0v) is 19.7. The van der Waals surface area contributed by atoms with E-state index in [4.69, 9.17) is 13.9 Å².